The van der Waals surface area contributed by atoms with Crippen LogP contribution in [-0.2, 0) is 16.0 Å². The lowest BCUT2D eigenvalue weighted by atomic mass is 10.0. The number of ether oxygens (including phenoxy) is 1. The Morgan fingerprint density at radius 2 is 1.88 bits per heavy atom. The van der Waals surface area contributed by atoms with Gasteiger partial charge in [0.1, 0.15) is 17.1 Å². The first-order chi connectivity index (χ1) is 12.4. The van der Waals surface area contributed by atoms with Gasteiger partial charge in [-0.1, -0.05) is 35.9 Å². The van der Waals surface area contributed by atoms with Crippen LogP contribution in [0.25, 0.3) is 0 Å². The Bertz CT molecular complexity index is 834. The second kappa shape index (κ2) is 8.92. The number of hydrogen-bond acceptors (Lipinski definition) is 5. The molecule has 2 aromatic rings. The molecule has 0 fully saturated rings. The van der Waals surface area contributed by atoms with Crippen molar-refractivity contribution in [2.75, 3.05) is 12.4 Å². The number of carbonyl (C=O) groups is 2. The minimum atomic E-state index is -0.759. The first kappa shape index (κ1) is 19.3. The van der Waals surface area contributed by atoms with Crippen LogP contribution in [0.1, 0.15) is 22.3 Å². The highest BCUT2D eigenvalue weighted by atomic mass is 35.5. The number of phenols is 2. The fraction of sp³-hybridized carbons (Fsp3) is 0.158. The van der Waals surface area contributed by atoms with Crippen molar-refractivity contribution >= 4 is 29.2 Å². The molecule has 7 heteroatoms. The number of carbonyl (C=O) groups excluding carboxylic acids is 2. The molecule has 0 bridgehead atoms. The summed E-state index contributed by atoms with van der Waals surface area (Å²) in [6.45, 7) is 0. The average Bonchev–Trinajstić information content (AvgIpc) is 2.62. The quantitative estimate of drug-likeness (QED) is 0.529. The monoisotopic (exact) mass is 375 g/mol. The van der Waals surface area contributed by atoms with Gasteiger partial charge in [0, 0.05) is 11.8 Å². The summed E-state index contributed by atoms with van der Waals surface area (Å²) >= 11 is 6.05. The smallest absolute Gasteiger partial charge is 0.341 e. The highest BCUT2D eigenvalue weighted by Gasteiger charge is 2.22. The Hall–Kier alpha value is -2.99. The fourth-order valence-corrected chi connectivity index (χ4v) is 2.62. The zero-order chi connectivity index (χ0) is 19.1. The number of allylic oxidation sites excluding steroid dienone is 1. The minimum absolute atomic E-state index is 0.0367. The van der Waals surface area contributed by atoms with Gasteiger partial charge in [-0.2, -0.15) is 0 Å². The molecule has 0 aliphatic rings. The lowest BCUT2D eigenvalue weighted by molar-refractivity contribution is -0.111. The third kappa shape index (κ3) is 4.77. The molecule has 136 valence electrons. The summed E-state index contributed by atoms with van der Waals surface area (Å²) in [5, 5.41) is 22.3. The van der Waals surface area contributed by atoms with Gasteiger partial charge in [0.15, 0.2) is 0 Å². The van der Waals surface area contributed by atoms with Gasteiger partial charge >= 0.3 is 5.97 Å². The van der Waals surface area contributed by atoms with Gasteiger partial charge in [0.2, 0.25) is 5.91 Å². The molecule has 0 aliphatic heterocycles. The van der Waals surface area contributed by atoms with Crippen molar-refractivity contribution in [3.05, 3.63) is 64.7 Å². The number of halogens is 1. The second-order valence-electron chi connectivity index (χ2n) is 5.37. The number of rotatable bonds is 6. The van der Waals surface area contributed by atoms with Gasteiger partial charge in [-0.3, -0.25) is 4.79 Å². The van der Waals surface area contributed by atoms with E-state index in [0.717, 1.165) is 6.07 Å². The largest absolute Gasteiger partial charge is 0.507 e. The van der Waals surface area contributed by atoms with Gasteiger partial charge < -0.3 is 20.3 Å². The predicted molar refractivity (Wildman–Crippen MR) is 98.7 cm³/mol. The number of esters is 1. The van der Waals surface area contributed by atoms with Gasteiger partial charge in [0.25, 0.3) is 0 Å². The van der Waals surface area contributed by atoms with Gasteiger partial charge in [-0.25, -0.2) is 4.79 Å². The number of para-hydroxylation sites is 1. The highest BCUT2D eigenvalue weighted by Crippen LogP contribution is 2.37. The SMILES string of the molecule is COC(=O)c1c(O)cc(O)c(Cl)c1CC/C=C/C(=O)Nc1ccccc1. The summed E-state index contributed by atoms with van der Waals surface area (Å²) in [4.78, 5) is 23.7. The van der Waals surface area contributed by atoms with E-state index < -0.39 is 11.7 Å². The number of aromatic hydroxyl groups is 2. The molecule has 1 amide bonds. The van der Waals surface area contributed by atoms with Crippen molar-refractivity contribution in [2.24, 2.45) is 0 Å². The van der Waals surface area contributed by atoms with E-state index in [4.69, 9.17) is 11.6 Å². The lowest BCUT2D eigenvalue weighted by Crippen LogP contribution is -2.08. The Labute approximate surface area is 155 Å². The van der Waals surface area contributed by atoms with Crippen molar-refractivity contribution < 1.29 is 24.5 Å². The van der Waals surface area contributed by atoms with Crippen LogP contribution in [0.15, 0.2) is 48.6 Å². The summed E-state index contributed by atoms with van der Waals surface area (Å²) < 4.78 is 4.64. The Morgan fingerprint density at radius 3 is 2.54 bits per heavy atom. The van der Waals surface area contributed by atoms with Crippen molar-refractivity contribution in [3.63, 3.8) is 0 Å². The number of nitrogens with one attached hydrogen (secondary N) is 1. The van der Waals surface area contributed by atoms with E-state index in [1.807, 2.05) is 18.2 Å². The number of amides is 1. The minimum Gasteiger partial charge on any atom is -0.507 e. The van der Waals surface area contributed by atoms with E-state index in [1.165, 1.54) is 13.2 Å². The maximum atomic E-state index is 11.9. The van der Waals surface area contributed by atoms with Crippen LogP contribution in [0.4, 0.5) is 5.69 Å². The molecule has 2 rings (SSSR count). The maximum absolute atomic E-state index is 11.9. The second-order valence-corrected chi connectivity index (χ2v) is 5.75. The number of phenolic OH excluding ortho intramolecular Hbond substituents is 2. The summed E-state index contributed by atoms with van der Waals surface area (Å²) in [6.07, 6.45) is 3.55. The van der Waals surface area contributed by atoms with Crippen LogP contribution >= 0.6 is 11.6 Å². The van der Waals surface area contributed by atoms with Gasteiger partial charge in [-0.15, -0.1) is 0 Å². The number of benzene rings is 2. The average molecular weight is 376 g/mol. The standard InChI is InChI=1S/C19H18ClNO5/c1-26-19(25)17-13(18(20)15(23)11-14(17)22)9-5-6-10-16(24)21-12-7-3-2-4-8-12/h2-4,6-8,10-11,22-23H,5,9H2,1H3,(H,21,24)/b10-6+. The molecule has 0 saturated carbocycles. The van der Waals surface area contributed by atoms with E-state index in [0.29, 0.717) is 12.1 Å². The fourth-order valence-electron chi connectivity index (χ4n) is 2.37. The van der Waals surface area contributed by atoms with Crippen molar-refractivity contribution in [3.8, 4) is 11.5 Å². The molecule has 0 aromatic heterocycles. The van der Waals surface area contributed by atoms with Crippen LogP contribution in [0, 0.1) is 0 Å². The van der Waals surface area contributed by atoms with E-state index in [-0.39, 0.29) is 34.2 Å². The number of anilines is 1. The third-order valence-corrected chi connectivity index (χ3v) is 4.00. The molecule has 0 unspecified atom stereocenters. The summed E-state index contributed by atoms with van der Waals surface area (Å²) in [5.74, 6) is -1.81. The van der Waals surface area contributed by atoms with E-state index in [2.05, 4.69) is 10.1 Å². The van der Waals surface area contributed by atoms with Crippen LogP contribution in [0.5, 0.6) is 11.5 Å². The summed E-state index contributed by atoms with van der Waals surface area (Å²) in [7, 11) is 1.18. The van der Waals surface area contributed by atoms with Crippen molar-refractivity contribution in [2.45, 2.75) is 12.8 Å². The zero-order valence-corrected chi connectivity index (χ0v) is 14.8. The molecule has 0 saturated heterocycles. The van der Waals surface area contributed by atoms with Gasteiger partial charge in [-0.05, 0) is 36.6 Å². The normalized spacial score (nSPS) is 10.7. The molecule has 0 aliphatic carbocycles. The van der Waals surface area contributed by atoms with Crippen LogP contribution in [0.2, 0.25) is 5.02 Å². The van der Waals surface area contributed by atoms with E-state index in [1.54, 1.807) is 18.2 Å². The number of hydrogen-bond donors (Lipinski definition) is 3. The summed E-state index contributed by atoms with van der Waals surface area (Å²) in [5.41, 5.74) is 0.831. The molecule has 2 aromatic carbocycles. The highest BCUT2D eigenvalue weighted by molar-refractivity contribution is 6.33. The van der Waals surface area contributed by atoms with Crippen LogP contribution < -0.4 is 5.32 Å². The molecular formula is C19H18ClNO5. The Morgan fingerprint density at radius 1 is 1.19 bits per heavy atom. The molecule has 0 atom stereocenters. The first-order valence-electron chi connectivity index (χ1n) is 7.78. The molecule has 0 heterocycles. The van der Waals surface area contributed by atoms with E-state index in [9.17, 15) is 19.8 Å². The van der Waals surface area contributed by atoms with Gasteiger partial charge in [0.05, 0.1) is 12.1 Å². The van der Waals surface area contributed by atoms with Crippen molar-refractivity contribution in [1.82, 2.24) is 0 Å². The van der Waals surface area contributed by atoms with Crippen LogP contribution in [-0.4, -0.2) is 29.2 Å². The van der Waals surface area contributed by atoms with E-state index >= 15 is 0 Å². The third-order valence-electron chi connectivity index (χ3n) is 3.58. The van der Waals surface area contributed by atoms with Crippen molar-refractivity contribution in [1.29, 1.82) is 0 Å². The first-order valence-corrected chi connectivity index (χ1v) is 8.16. The lowest BCUT2D eigenvalue weighted by Gasteiger charge is -2.12. The molecule has 26 heavy (non-hydrogen) atoms. The predicted octanol–water partition coefficient (Wildman–Crippen LogP) is 3.67. The zero-order valence-electron chi connectivity index (χ0n) is 14.0. The number of methoxy groups -OCH3 is 1. The molecular weight excluding hydrogens is 358 g/mol. The molecule has 6 nitrogen and oxygen atoms in total. The maximum Gasteiger partial charge on any atom is 0.341 e. The Kier molecular flexibility index (Phi) is 6.63. The topological polar surface area (TPSA) is 95.9 Å². The molecule has 0 radical (unpaired) electrons. The summed E-state index contributed by atoms with van der Waals surface area (Å²) in [6, 6.07) is 9.99. The molecule has 0 spiro atoms. The molecule has 3 N–H and O–H groups in total. The Balaban J connectivity index is 2.07. The van der Waals surface area contributed by atoms with Crippen LogP contribution in [0.3, 0.4) is 0 Å².